The number of likely N-dealkylation sites (tertiary alicyclic amines) is 1. The van der Waals surface area contributed by atoms with Crippen molar-refractivity contribution in [3.8, 4) is 0 Å². The highest BCUT2D eigenvalue weighted by Crippen LogP contribution is 2.25. The minimum atomic E-state index is 0.0144. The van der Waals surface area contributed by atoms with Crippen molar-refractivity contribution in [2.75, 3.05) is 18.4 Å². The second-order valence-corrected chi connectivity index (χ2v) is 8.55. The molecular formula is C25H32N4O. The molecule has 1 saturated heterocycles. The van der Waals surface area contributed by atoms with E-state index in [1.54, 1.807) is 0 Å². The van der Waals surface area contributed by atoms with Gasteiger partial charge in [0.15, 0.2) is 0 Å². The Morgan fingerprint density at radius 1 is 1.17 bits per heavy atom. The van der Waals surface area contributed by atoms with E-state index in [1.165, 1.54) is 11.1 Å². The lowest BCUT2D eigenvalue weighted by atomic mass is 9.96. The van der Waals surface area contributed by atoms with Crippen LogP contribution in [0.1, 0.15) is 51.0 Å². The van der Waals surface area contributed by atoms with Crippen molar-refractivity contribution in [3.63, 3.8) is 0 Å². The largest absolute Gasteiger partial charge is 0.326 e. The summed E-state index contributed by atoms with van der Waals surface area (Å²) in [6.07, 6.45) is 2.89. The summed E-state index contributed by atoms with van der Waals surface area (Å²) in [5.74, 6) is 1.24. The van der Waals surface area contributed by atoms with E-state index in [2.05, 4.69) is 59.8 Å². The first kappa shape index (κ1) is 20.6. The topological polar surface area (TPSA) is 50.2 Å². The first-order valence-electron chi connectivity index (χ1n) is 11.1. The average Bonchev–Trinajstić information content (AvgIpc) is 3.12. The molecular weight excluding hydrogens is 372 g/mol. The molecule has 1 aromatic heterocycles. The number of piperidine rings is 1. The molecule has 0 aliphatic carbocycles. The Bertz CT molecular complexity index is 1020. The van der Waals surface area contributed by atoms with Crippen molar-refractivity contribution >= 4 is 22.6 Å². The SMILES string of the molecule is CCc1ccccc1NC(=O)[C@@H]1CCCN(Cc2nc3ccccc3n2C(C)C)C1. The molecule has 0 radical (unpaired) electrons. The smallest absolute Gasteiger partial charge is 0.228 e. The van der Waals surface area contributed by atoms with Crippen molar-refractivity contribution in [1.29, 1.82) is 0 Å². The van der Waals surface area contributed by atoms with Crippen LogP contribution in [0.4, 0.5) is 5.69 Å². The predicted molar refractivity (Wildman–Crippen MR) is 123 cm³/mol. The van der Waals surface area contributed by atoms with Crippen LogP contribution in [0.5, 0.6) is 0 Å². The van der Waals surface area contributed by atoms with Crippen molar-refractivity contribution in [2.45, 2.75) is 52.6 Å². The Labute approximate surface area is 179 Å². The van der Waals surface area contributed by atoms with Gasteiger partial charge in [-0.15, -0.1) is 0 Å². The molecule has 1 fully saturated rings. The van der Waals surface area contributed by atoms with Crippen LogP contribution in [0.3, 0.4) is 0 Å². The zero-order valence-corrected chi connectivity index (χ0v) is 18.3. The number of anilines is 1. The number of nitrogens with zero attached hydrogens (tertiary/aromatic N) is 3. The van der Waals surface area contributed by atoms with Gasteiger partial charge < -0.3 is 9.88 Å². The van der Waals surface area contributed by atoms with Crippen LogP contribution in [0.2, 0.25) is 0 Å². The maximum atomic E-state index is 13.0. The number of fused-ring (bicyclic) bond motifs is 1. The minimum absolute atomic E-state index is 0.0144. The molecule has 1 N–H and O–H groups in total. The fourth-order valence-corrected chi connectivity index (χ4v) is 4.58. The summed E-state index contributed by atoms with van der Waals surface area (Å²) in [7, 11) is 0. The van der Waals surface area contributed by atoms with Gasteiger partial charge >= 0.3 is 0 Å². The highest BCUT2D eigenvalue weighted by molar-refractivity contribution is 5.93. The van der Waals surface area contributed by atoms with Crippen LogP contribution in [-0.4, -0.2) is 33.4 Å². The summed E-state index contributed by atoms with van der Waals surface area (Å²) in [6.45, 7) is 9.10. The van der Waals surface area contributed by atoms with E-state index in [0.29, 0.717) is 6.04 Å². The number of para-hydroxylation sites is 3. The van der Waals surface area contributed by atoms with Gasteiger partial charge in [0.1, 0.15) is 5.82 Å². The van der Waals surface area contributed by atoms with E-state index in [9.17, 15) is 4.79 Å². The van der Waals surface area contributed by atoms with Crippen LogP contribution in [-0.2, 0) is 17.8 Å². The maximum absolute atomic E-state index is 13.0. The third-order valence-corrected chi connectivity index (χ3v) is 6.08. The summed E-state index contributed by atoms with van der Waals surface area (Å²) in [5.41, 5.74) is 4.36. The summed E-state index contributed by atoms with van der Waals surface area (Å²) < 4.78 is 2.33. The Morgan fingerprint density at radius 2 is 1.93 bits per heavy atom. The minimum Gasteiger partial charge on any atom is -0.326 e. The lowest BCUT2D eigenvalue weighted by molar-refractivity contribution is -0.121. The first-order valence-corrected chi connectivity index (χ1v) is 11.1. The predicted octanol–water partition coefficient (Wildman–Crippen LogP) is 5.03. The number of aryl methyl sites for hydroxylation is 1. The zero-order valence-electron chi connectivity index (χ0n) is 18.3. The molecule has 1 atom stereocenters. The number of hydrogen-bond donors (Lipinski definition) is 1. The molecule has 1 aliphatic rings. The second-order valence-electron chi connectivity index (χ2n) is 8.55. The van der Waals surface area contributed by atoms with Crippen molar-refractivity contribution in [1.82, 2.24) is 14.5 Å². The standard InChI is InChI=1S/C25H32N4O/c1-4-19-10-5-6-12-21(19)27-25(30)20-11-9-15-28(16-20)17-24-26-22-13-7-8-14-23(22)29(24)18(2)3/h5-8,10,12-14,18,20H,4,9,11,15-17H2,1-3H3,(H,27,30)/t20-/m1/s1. The molecule has 30 heavy (non-hydrogen) atoms. The Hall–Kier alpha value is -2.66. The van der Waals surface area contributed by atoms with Gasteiger partial charge in [-0.3, -0.25) is 9.69 Å². The molecule has 2 aromatic carbocycles. The van der Waals surface area contributed by atoms with Crippen LogP contribution < -0.4 is 5.32 Å². The number of benzene rings is 2. The fraction of sp³-hybridized carbons (Fsp3) is 0.440. The van der Waals surface area contributed by atoms with Crippen LogP contribution in [0, 0.1) is 5.92 Å². The molecule has 1 amide bonds. The number of carbonyl (C=O) groups is 1. The monoisotopic (exact) mass is 404 g/mol. The zero-order chi connectivity index (χ0) is 21.1. The molecule has 158 valence electrons. The number of rotatable bonds is 6. The van der Waals surface area contributed by atoms with Crippen molar-refractivity contribution in [3.05, 3.63) is 59.9 Å². The van der Waals surface area contributed by atoms with E-state index in [1.807, 2.05) is 24.3 Å². The first-order chi connectivity index (χ1) is 14.6. The molecule has 4 rings (SSSR count). The third kappa shape index (κ3) is 4.26. The van der Waals surface area contributed by atoms with Gasteiger partial charge in [-0.25, -0.2) is 4.98 Å². The third-order valence-electron chi connectivity index (χ3n) is 6.08. The number of amides is 1. The van der Waals surface area contributed by atoms with E-state index < -0.39 is 0 Å². The molecule has 1 aliphatic heterocycles. The van der Waals surface area contributed by atoms with E-state index in [0.717, 1.165) is 55.9 Å². The van der Waals surface area contributed by atoms with E-state index in [-0.39, 0.29) is 11.8 Å². The fourth-order valence-electron chi connectivity index (χ4n) is 4.58. The van der Waals surface area contributed by atoms with Gasteiger partial charge in [0.2, 0.25) is 5.91 Å². The van der Waals surface area contributed by atoms with Crippen molar-refractivity contribution < 1.29 is 4.79 Å². The van der Waals surface area contributed by atoms with Crippen molar-refractivity contribution in [2.24, 2.45) is 5.92 Å². The summed E-state index contributed by atoms with van der Waals surface area (Å²) in [4.78, 5) is 20.3. The maximum Gasteiger partial charge on any atom is 0.228 e. The molecule has 2 heterocycles. The van der Waals surface area contributed by atoms with Gasteiger partial charge in [-0.2, -0.15) is 0 Å². The number of aromatic nitrogens is 2. The van der Waals surface area contributed by atoms with E-state index in [4.69, 9.17) is 4.98 Å². The number of hydrogen-bond acceptors (Lipinski definition) is 3. The van der Waals surface area contributed by atoms with Gasteiger partial charge in [-0.05, 0) is 63.4 Å². The highest BCUT2D eigenvalue weighted by Gasteiger charge is 2.27. The van der Waals surface area contributed by atoms with Gasteiger partial charge in [0.25, 0.3) is 0 Å². The van der Waals surface area contributed by atoms with Gasteiger partial charge in [-0.1, -0.05) is 37.3 Å². The average molecular weight is 405 g/mol. The molecule has 5 nitrogen and oxygen atoms in total. The Balaban J connectivity index is 1.48. The lowest BCUT2D eigenvalue weighted by Crippen LogP contribution is -2.40. The lowest BCUT2D eigenvalue weighted by Gasteiger charge is -2.32. The molecule has 5 heteroatoms. The normalized spacial score (nSPS) is 17.5. The molecule has 0 bridgehead atoms. The van der Waals surface area contributed by atoms with Crippen LogP contribution in [0.15, 0.2) is 48.5 Å². The number of imidazole rings is 1. The Morgan fingerprint density at radius 3 is 2.73 bits per heavy atom. The summed E-state index contributed by atoms with van der Waals surface area (Å²) in [6, 6.07) is 16.8. The molecule has 0 unspecified atom stereocenters. The number of nitrogens with one attached hydrogen (secondary N) is 1. The summed E-state index contributed by atoms with van der Waals surface area (Å²) >= 11 is 0. The highest BCUT2D eigenvalue weighted by atomic mass is 16.1. The van der Waals surface area contributed by atoms with Gasteiger partial charge in [0, 0.05) is 18.3 Å². The van der Waals surface area contributed by atoms with Crippen LogP contribution in [0.25, 0.3) is 11.0 Å². The van der Waals surface area contributed by atoms with E-state index >= 15 is 0 Å². The molecule has 3 aromatic rings. The van der Waals surface area contributed by atoms with Gasteiger partial charge in [0.05, 0.1) is 23.5 Å². The number of carbonyl (C=O) groups excluding carboxylic acids is 1. The Kier molecular flexibility index (Phi) is 6.18. The second kappa shape index (κ2) is 9.00. The molecule has 0 spiro atoms. The van der Waals surface area contributed by atoms with Crippen LogP contribution >= 0.6 is 0 Å². The quantitative estimate of drug-likeness (QED) is 0.627. The molecule has 0 saturated carbocycles. The summed E-state index contributed by atoms with van der Waals surface area (Å²) in [5, 5.41) is 3.18.